The Kier molecular flexibility index (Phi) is 5.82. The van der Waals surface area contributed by atoms with Crippen molar-refractivity contribution in [2.24, 2.45) is 0 Å². The summed E-state index contributed by atoms with van der Waals surface area (Å²) in [6.45, 7) is 3.65. The molecule has 19 heavy (non-hydrogen) atoms. The van der Waals surface area contributed by atoms with Gasteiger partial charge in [0.1, 0.15) is 11.3 Å². The second-order valence-corrected chi connectivity index (χ2v) is 5.03. The monoisotopic (exact) mass is 329 g/mol. The lowest BCUT2D eigenvalue weighted by molar-refractivity contribution is -0.123. The van der Waals surface area contributed by atoms with Crippen LogP contribution < -0.4 is 10.1 Å². The van der Waals surface area contributed by atoms with Crippen LogP contribution in [0.3, 0.4) is 0 Å². The molecule has 0 aliphatic heterocycles. The molecule has 1 atom stereocenters. The first-order valence-corrected chi connectivity index (χ1v) is 6.68. The predicted molar refractivity (Wildman–Crippen MR) is 74.5 cm³/mol. The topological polar surface area (TPSA) is 75.6 Å². The zero-order chi connectivity index (χ0) is 14.4. The Morgan fingerprint density at radius 2 is 2.16 bits per heavy atom. The Morgan fingerprint density at radius 3 is 2.74 bits per heavy atom. The minimum absolute atomic E-state index is 0.0192. The minimum Gasteiger partial charge on any atom is -0.483 e. The van der Waals surface area contributed by atoms with E-state index >= 15 is 0 Å². The molecule has 1 amide bonds. The summed E-state index contributed by atoms with van der Waals surface area (Å²) in [4.78, 5) is 22.6. The Balaban J connectivity index is 2.67. The van der Waals surface area contributed by atoms with Gasteiger partial charge < -0.3 is 15.2 Å². The SMILES string of the molecule is CCC(C)NC(=O)COc1ccc(Br)cc1C(=O)O. The first-order valence-electron chi connectivity index (χ1n) is 5.89. The molecule has 0 saturated carbocycles. The van der Waals surface area contributed by atoms with Gasteiger partial charge >= 0.3 is 5.97 Å². The lowest BCUT2D eigenvalue weighted by Gasteiger charge is -2.13. The average Bonchev–Trinajstić information content (AvgIpc) is 2.36. The van der Waals surface area contributed by atoms with Crippen molar-refractivity contribution in [3.8, 4) is 5.75 Å². The molecule has 1 aromatic carbocycles. The number of carboxylic acid groups (broad SMARTS) is 1. The molecule has 0 spiro atoms. The smallest absolute Gasteiger partial charge is 0.339 e. The van der Waals surface area contributed by atoms with Crippen LogP contribution in [0.1, 0.15) is 30.6 Å². The number of nitrogens with one attached hydrogen (secondary N) is 1. The number of hydrogen-bond donors (Lipinski definition) is 2. The van der Waals surface area contributed by atoms with Crippen LogP contribution in [-0.2, 0) is 4.79 Å². The number of rotatable bonds is 6. The van der Waals surface area contributed by atoms with E-state index in [0.29, 0.717) is 4.47 Å². The number of carbonyl (C=O) groups is 2. The van der Waals surface area contributed by atoms with E-state index in [-0.39, 0.29) is 29.9 Å². The maximum atomic E-state index is 11.5. The summed E-state index contributed by atoms with van der Waals surface area (Å²) < 4.78 is 5.89. The van der Waals surface area contributed by atoms with Crippen molar-refractivity contribution in [1.82, 2.24) is 5.32 Å². The van der Waals surface area contributed by atoms with Crippen molar-refractivity contribution < 1.29 is 19.4 Å². The van der Waals surface area contributed by atoms with Gasteiger partial charge in [-0.15, -0.1) is 0 Å². The van der Waals surface area contributed by atoms with E-state index < -0.39 is 5.97 Å². The maximum absolute atomic E-state index is 11.5. The van der Waals surface area contributed by atoms with Crippen molar-refractivity contribution in [3.05, 3.63) is 28.2 Å². The molecule has 6 heteroatoms. The van der Waals surface area contributed by atoms with Crippen molar-refractivity contribution in [1.29, 1.82) is 0 Å². The fraction of sp³-hybridized carbons (Fsp3) is 0.385. The van der Waals surface area contributed by atoms with Crippen LogP contribution in [0, 0.1) is 0 Å². The van der Waals surface area contributed by atoms with Gasteiger partial charge in [0.05, 0.1) is 0 Å². The molecule has 0 saturated heterocycles. The van der Waals surface area contributed by atoms with Gasteiger partial charge in [-0.3, -0.25) is 4.79 Å². The summed E-state index contributed by atoms with van der Waals surface area (Å²) in [7, 11) is 0. The molecule has 0 aliphatic rings. The summed E-state index contributed by atoms with van der Waals surface area (Å²) >= 11 is 3.19. The summed E-state index contributed by atoms with van der Waals surface area (Å²) in [6.07, 6.45) is 0.824. The number of carbonyl (C=O) groups excluding carboxylic acids is 1. The van der Waals surface area contributed by atoms with Crippen LogP contribution >= 0.6 is 15.9 Å². The normalized spacial score (nSPS) is 11.7. The molecule has 0 heterocycles. The van der Waals surface area contributed by atoms with Gasteiger partial charge in [0, 0.05) is 10.5 Å². The largest absolute Gasteiger partial charge is 0.483 e. The van der Waals surface area contributed by atoms with Crippen LogP contribution in [0.25, 0.3) is 0 Å². The van der Waals surface area contributed by atoms with Crippen molar-refractivity contribution in [2.45, 2.75) is 26.3 Å². The number of hydrogen-bond acceptors (Lipinski definition) is 3. The molecule has 0 aliphatic carbocycles. The van der Waals surface area contributed by atoms with E-state index in [1.807, 2.05) is 13.8 Å². The van der Waals surface area contributed by atoms with Crippen LogP contribution in [0.15, 0.2) is 22.7 Å². The lowest BCUT2D eigenvalue weighted by Crippen LogP contribution is -2.35. The third kappa shape index (κ3) is 4.90. The summed E-state index contributed by atoms with van der Waals surface area (Å²) in [6, 6.07) is 4.68. The summed E-state index contributed by atoms with van der Waals surface area (Å²) in [5.41, 5.74) is 0.0192. The highest BCUT2D eigenvalue weighted by Crippen LogP contribution is 2.23. The number of ether oxygens (including phenoxy) is 1. The van der Waals surface area contributed by atoms with E-state index in [0.717, 1.165) is 6.42 Å². The van der Waals surface area contributed by atoms with Gasteiger partial charge in [0.25, 0.3) is 5.91 Å². The van der Waals surface area contributed by atoms with Crippen LogP contribution in [0.5, 0.6) is 5.75 Å². The number of amides is 1. The molecule has 104 valence electrons. The molecule has 1 rings (SSSR count). The Labute approximate surface area is 120 Å². The molecule has 0 aromatic heterocycles. The van der Waals surface area contributed by atoms with Crippen LogP contribution in [0.4, 0.5) is 0 Å². The molecule has 1 aromatic rings. The fourth-order valence-electron chi connectivity index (χ4n) is 1.36. The Hall–Kier alpha value is -1.56. The van der Waals surface area contributed by atoms with Crippen LogP contribution in [0.2, 0.25) is 0 Å². The van der Waals surface area contributed by atoms with E-state index in [1.165, 1.54) is 12.1 Å². The summed E-state index contributed by atoms with van der Waals surface area (Å²) in [5.74, 6) is -1.19. The highest BCUT2D eigenvalue weighted by Gasteiger charge is 2.13. The van der Waals surface area contributed by atoms with Crippen molar-refractivity contribution in [2.75, 3.05) is 6.61 Å². The number of halogens is 1. The van der Waals surface area contributed by atoms with Gasteiger partial charge in [0.2, 0.25) is 0 Å². The minimum atomic E-state index is -1.10. The van der Waals surface area contributed by atoms with E-state index in [9.17, 15) is 9.59 Å². The van der Waals surface area contributed by atoms with Gasteiger partial charge in [-0.05, 0) is 31.5 Å². The maximum Gasteiger partial charge on any atom is 0.339 e. The molecule has 0 fully saturated rings. The quantitative estimate of drug-likeness (QED) is 0.840. The number of aromatic carboxylic acids is 1. The second kappa shape index (κ2) is 7.13. The Morgan fingerprint density at radius 1 is 1.47 bits per heavy atom. The van der Waals surface area contributed by atoms with Crippen molar-refractivity contribution in [3.63, 3.8) is 0 Å². The molecule has 0 bridgehead atoms. The van der Waals surface area contributed by atoms with Gasteiger partial charge in [-0.2, -0.15) is 0 Å². The number of benzene rings is 1. The average molecular weight is 330 g/mol. The standard InChI is InChI=1S/C13H16BrNO4/c1-3-8(2)15-12(16)7-19-11-5-4-9(14)6-10(11)13(17)18/h4-6,8H,3,7H2,1-2H3,(H,15,16)(H,17,18). The first kappa shape index (κ1) is 15.5. The van der Waals surface area contributed by atoms with Crippen molar-refractivity contribution >= 4 is 27.8 Å². The van der Waals surface area contributed by atoms with Gasteiger partial charge in [-0.25, -0.2) is 4.79 Å². The zero-order valence-electron chi connectivity index (χ0n) is 10.8. The molecule has 1 unspecified atom stereocenters. The molecule has 5 nitrogen and oxygen atoms in total. The highest BCUT2D eigenvalue weighted by atomic mass is 79.9. The highest BCUT2D eigenvalue weighted by molar-refractivity contribution is 9.10. The van der Waals surface area contributed by atoms with Gasteiger partial charge in [-0.1, -0.05) is 22.9 Å². The molecule has 2 N–H and O–H groups in total. The first-order chi connectivity index (χ1) is 8.93. The zero-order valence-corrected chi connectivity index (χ0v) is 12.4. The third-order valence-electron chi connectivity index (χ3n) is 2.55. The molecular weight excluding hydrogens is 314 g/mol. The molecule has 0 radical (unpaired) electrons. The van der Waals surface area contributed by atoms with E-state index in [1.54, 1.807) is 6.07 Å². The van der Waals surface area contributed by atoms with Gasteiger partial charge in [0.15, 0.2) is 6.61 Å². The number of carboxylic acids is 1. The summed E-state index contributed by atoms with van der Waals surface area (Å²) in [5, 5.41) is 11.8. The Bertz CT molecular complexity index is 476. The lowest BCUT2D eigenvalue weighted by atomic mass is 10.2. The third-order valence-corrected chi connectivity index (χ3v) is 3.04. The van der Waals surface area contributed by atoms with E-state index in [2.05, 4.69) is 21.2 Å². The molecular formula is C13H16BrNO4. The fourth-order valence-corrected chi connectivity index (χ4v) is 1.72. The predicted octanol–water partition coefficient (Wildman–Crippen LogP) is 2.44. The van der Waals surface area contributed by atoms with Crippen LogP contribution in [-0.4, -0.2) is 29.6 Å². The second-order valence-electron chi connectivity index (χ2n) is 4.11. The van der Waals surface area contributed by atoms with E-state index in [4.69, 9.17) is 9.84 Å².